The Hall–Kier alpha value is -0.570. The predicted octanol–water partition coefficient (Wildman–Crippen LogP) is 2.24. The minimum absolute atomic E-state index is 0.0184. The summed E-state index contributed by atoms with van der Waals surface area (Å²) < 4.78 is 5.33. The largest absolute Gasteiger partial charge is 0.461 e. The predicted molar refractivity (Wildman–Crippen MR) is 60.4 cm³/mol. The van der Waals surface area contributed by atoms with Gasteiger partial charge in [-0.25, -0.2) is 0 Å². The van der Waals surface area contributed by atoms with Crippen molar-refractivity contribution in [3.05, 3.63) is 0 Å². The second kappa shape index (κ2) is 4.97. The smallest absolute Gasteiger partial charge is 0.326 e. The molecule has 0 aliphatic heterocycles. The number of carbonyl (C=O) groups excluding carboxylic acids is 1. The van der Waals surface area contributed by atoms with Gasteiger partial charge in [-0.2, -0.15) is 0 Å². The van der Waals surface area contributed by atoms with Crippen molar-refractivity contribution in [1.82, 2.24) is 0 Å². The molecule has 0 amide bonds. The molecule has 15 heavy (non-hydrogen) atoms. The van der Waals surface area contributed by atoms with E-state index in [9.17, 15) is 4.79 Å². The number of rotatable bonds is 3. The van der Waals surface area contributed by atoms with E-state index >= 15 is 0 Å². The van der Waals surface area contributed by atoms with Crippen molar-refractivity contribution >= 4 is 5.97 Å². The summed E-state index contributed by atoms with van der Waals surface area (Å²) in [5.41, 5.74) is 5.40. The maximum Gasteiger partial charge on any atom is 0.326 e. The fraction of sp³-hybridized carbons (Fsp3) is 0.917. The van der Waals surface area contributed by atoms with Crippen LogP contribution >= 0.6 is 0 Å². The summed E-state index contributed by atoms with van der Waals surface area (Å²) in [5.74, 6) is 0.330. The molecule has 3 unspecified atom stereocenters. The third-order valence-electron chi connectivity index (χ3n) is 3.32. The van der Waals surface area contributed by atoms with Crippen molar-refractivity contribution in [1.29, 1.82) is 0 Å². The number of hydrogen-bond acceptors (Lipinski definition) is 3. The Kier molecular flexibility index (Phi) is 4.14. The van der Waals surface area contributed by atoms with Crippen molar-refractivity contribution in [3.8, 4) is 0 Å². The van der Waals surface area contributed by atoms with Crippen LogP contribution in [0.15, 0.2) is 0 Å². The third kappa shape index (κ3) is 3.20. The van der Waals surface area contributed by atoms with E-state index in [2.05, 4.69) is 6.92 Å². The highest BCUT2D eigenvalue weighted by Crippen LogP contribution is 2.31. The van der Waals surface area contributed by atoms with Gasteiger partial charge in [0.25, 0.3) is 0 Å². The zero-order valence-corrected chi connectivity index (χ0v) is 10.1. The molecule has 3 nitrogen and oxygen atoms in total. The molecule has 2 N–H and O–H groups in total. The third-order valence-corrected chi connectivity index (χ3v) is 3.32. The standard InChI is InChI=1S/C12H23NO2/c1-4-10(3)15-11(14)12(13)7-5-6-9(2)8-12/h9-10H,4-8,13H2,1-3H3. The van der Waals surface area contributed by atoms with Crippen LogP contribution in [-0.4, -0.2) is 17.6 Å². The van der Waals surface area contributed by atoms with Crippen molar-refractivity contribution in [3.63, 3.8) is 0 Å². The SMILES string of the molecule is CCC(C)OC(=O)C1(N)CCCC(C)C1. The first-order valence-electron chi connectivity index (χ1n) is 5.98. The minimum Gasteiger partial charge on any atom is -0.461 e. The Morgan fingerprint density at radius 3 is 2.87 bits per heavy atom. The molecular formula is C12H23NO2. The van der Waals surface area contributed by atoms with Crippen LogP contribution in [0.25, 0.3) is 0 Å². The molecule has 0 radical (unpaired) electrons. The molecule has 0 aromatic heterocycles. The van der Waals surface area contributed by atoms with Crippen LogP contribution in [0, 0.1) is 5.92 Å². The number of esters is 1. The first-order valence-corrected chi connectivity index (χ1v) is 5.98. The molecule has 0 heterocycles. The summed E-state index contributed by atoms with van der Waals surface area (Å²) in [5, 5.41) is 0. The van der Waals surface area contributed by atoms with Crippen LogP contribution < -0.4 is 5.73 Å². The molecule has 3 atom stereocenters. The van der Waals surface area contributed by atoms with Gasteiger partial charge in [-0.3, -0.25) is 4.79 Å². The molecule has 1 saturated carbocycles. The zero-order valence-electron chi connectivity index (χ0n) is 10.1. The van der Waals surface area contributed by atoms with E-state index in [0.29, 0.717) is 5.92 Å². The lowest BCUT2D eigenvalue weighted by Crippen LogP contribution is -2.52. The van der Waals surface area contributed by atoms with Crippen LogP contribution in [0.4, 0.5) is 0 Å². The van der Waals surface area contributed by atoms with E-state index in [-0.39, 0.29) is 12.1 Å². The highest BCUT2D eigenvalue weighted by atomic mass is 16.5. The van der Waals surface area contributed by atoms with E-state index in [0.717, 1.165) is 25.7 Å². The summed E-state index contributed by atoms with van der Waals surface area (Å²) in [6.07, 6.45) is 4.57. The highest BCUT2D eigenvalue weighted by molar-refractivity contribution is 5.80. The van der Waals surface area contributed by atoms with Gasteiger partial charge < -0.3 is 10.5 Å². The average molecular weight is 213 g/mol. The average Bonchev–Trinajstić information content (AvgIpc) is 2.17. The van der Waals surface area contributed by atoms with E-state index in [1.165, 1.54) is 6.42 Å². The van der Waals surface area contributed by atoms with Gasteiger partial charge in [-0.15, -0.1) is 0 Å². The first-order chi connectivity index (χ1) is 6.98. The molecule has 0 saturated heterocycles. The van der Waals surface area contributed by atoms with E-state index in [4.69, 9.17) is 10.5 Å². The summed E-state index contributed by atoms with van der Waals surface area (Å²) in [4.78, 5) is 11.9. The number of carbonyl (C=O) groups is 1. The number of hydrogen-bond donors (Lipinski definition) is 1. The van der Waals surface area contributed by atoms with Gasteiger partial charge >= 0.3 is 5.97 Å². The minimum atomic E-state index is -0.721. The lowest BCUT2D eigenvalue weighted by atomic mass is 9.77. The van der Waals surface area contributed by atoms with E-state index < -0.39 is 5.54 Å². The summed E-state index contributed by atoms with van der Waals surface area (Å²) in [6, 6.07) is 0. The molecule has 0 bridgehead atoms. The molecule has 1 aliphatic carbocycles. The number of ether oxygens (including phenoxy) is 1. The van der Waals surface area contributed by atoms with Gasteiger partial charge in [0.15, 0.2) is 0 Å². The van der Waals surface area contributed by atoms with Crippen molar-refractivity contribution in [2.24, 2.45) is 11.7 Å². The summed E-state index contributed by atoms with van der Waals surface area (Å²) in [6.45, 7) is 6.06. The topological polar surface area (TPSA) is 52.3 Å². The first kappa shape index (κ1) is 12.5. The summed E-state index contributed by atoms with van der Waals surface area (Å²) in [7, 11) is 0. The van der Waals surface area contributed by atoms with Gasteiger partial charge in [0, 0.05) is 0 Å². The van der Waals surface area contributed by atoms with Gasteiger partial charge in [0.2, 0.25) is 0 Å². The van der Waals surface area contributed by atoms with Crippen molar-refractivity contribution in [2.75, 3.05) is 0 Å². The quantitative estimate of drug-likeness (QED) is 0.731. The number of nitrogens with two attached hydrogens (primary N) is 1. The lowest BCUT2D eigenvalue weighted by molar-refractivity contribution is -0.157. The fourth-order valence-corrected chi connectivity index (χ4v) is 2.16. The van der Waals surface area contributed by atoms with Crippen LogP contribution in [-0.2, 0) is 9.53 Å². The monoisotopic (exact) mass is 213 g/mol. The second-order valence-electron chi connectivity index (χ2n) is 4.98. The normalized spacial score (nSPS) is 33.5. The van der Waals surface area contributed by atoms with Crippen LogP contribution in [0.1, 0.15) is 52.9 Å². The molecule has 0 aromatic carbocycles. The molecule has 0 spiro atoms. The highest BCUT2D eigenvalue weighted by Gasteiger charge is 2.39. The van der Waals surface area contributed by atoms with Gasteiger partial charge in [0.1, 0.15) is 5.54 Å². The van der Waals surface area contributed by atoms with Gasteiger partial charge in [-0.05, 0) is 32.1 Å². The Bertz CT molecular complexity index is 230. The van der Waals surface area contributed by atoms with Gasteiger partial charge in [-0.1, -0.05) is 26.7 Å². The molecular weight excluding hydrogens is 190 g/mol. The van der Waals surface area contributed by atoms with Crippen molar-refractivity contribution < 1.29 is 9.53 Å². The lowest BCUT2D eigenvalue weighted by Gasteiger charge is -2.35. The Labute approximate surface area is 92.4 Å². The zero-order chi connectivity index (χ0) is 11.5. The molecule has 88 valence electrons. The van der Waals surface area contributed by atoms with E-state index in [1.807, 2.05) is 13.8 Å². The Morgan fingerprint density at radius 1 is 1.67 bits per heavy atom. The van der Waals surface area contributed by atoms with E-state index in [1.54, 1.807) is 0 Å². The Balaban J connectivity index is 2.56. The molecule has 1 aliphatic rings. The van der Waals surface area contributed by atoms with Gasteiger partial charge in [0.05, 0.1) is 6.10 Å². The summed E-state index contributed by atoms with van der Waals surface area (Å²) >= 11 is 0. The van der Waals surface area contributed by atoms with Crippen LogP contribution in [0.3, 0.4) is 0 Å². The molecule has 1 fully saturated rings. The van der Waals surface area contributed by atoms with Crippen LogP contribution in [0.2, 0.25) is 0 Å². The maximum atomic E-state index is 11.9. The van der Waals surface area contributed by atoms with Crippen LogP contribution in [0.5, 0.6) is 0 Å². The second-order valence-corrected chi connectivity index (χ2v) is 4.98. The Morgan fingerprint density at radius 2 is 2.33 bits per heavy atom. The fourth-order valence-electron chi connectivity index (χ4n) is 2.16. The molecule has 0 aromatic rings. The molecule has 3 heteroatoms. The van der Waals surface area contributed by atoms with Crippen molar-refractivity contribution in [2.45, 2.75) is 64.5 Å². The maximum absolute atomic E-state index is 11.9. The molecule has 1 rings (SSSR count).